The zero-order valence-corrected chi connectivity index (χ0v) is 15.2. The summed E-state index contributed by atoms with van der Waals surface area (Å²) in [7, 11) is 3.47. The summed E-state index contributed by atoms with van der Waals surface area (Å²) in [4.78, 5) is 12.2. The zero-order chi connectivity index (χ0) is 17.0. The number of pyridine rings is 1. The normalized spacial score (nSPS) is 10.3. The van der Waals surface area contributed by atoms with Gasteiger partial charge in [0.25, 0.3) is 5.56 Å². The number of rotatable bonds is 3. The molecule has 0 amide bonds. The summed E-state index contributed by atoms with van der Waals surface area (Å²) in [5.74, 6) is 0.834. The molecule has 0 N–H and O–H groups in total. The van der Waals surface area contributed by atoms with Crippen LogP contribution in [0.4, 0.5) is 0 Å². The highest BCUT2D eigenvalue weighted by Crippen LogP contribution is 2.36. The summed E-state index contributed by atoms with van der Waals surface area (Å²) in [6.07, 6.45) is 2.87. The molecular weight excluding hydrogens is 306 g/mol. The molecule has 122 valence electrons. The average molecular weight is 329 g/mol. The molecule has 3 rings (SSSR count). The first-order valence-corrected chi connectivity index (χ1v) is 8.77. The summed E-state index contributed by atoms with van der Waals surface area (Å²) in [6, 6.07) is 8.12. The number of benzene rings is 1. The van der Waals surface area contributed by atoms with Gasteiger partial charge in [0, 0.05) is 29.1 Å². The third-order valence-electron chi connectivity index (χ3n) is 3.75. The Labute approximate surface area is 141 Å². The lowest BCUT2D eigenvalue weighted by Gasteiger charge is -2.12. The second kappa shape index (κ2) is 7.47. The van der Waals surface area contributed by atoms with Crippen molar-refractivity contribution in [2.24, 2.45) is 7.05 Å². The minimum atomic E-state index is 0.0422. The standard InChI is InChI=1S/C17H17NO2S.C2H6/c1-4-11-5-6-15(20-3)13(9-11)14-10-18(2)17(19)12-7-8-21-16(12)14;1-2/h5-10H,4H2,1-3H3;1-2H3. The van der Waals surface area contributed by atoms with Crippen LogP contribution in [-0.4, -0.2) is 11.7 Å². The van der Waals surface area contributed by atoms with Gasteiger partial charge < -0.3 is 9.30 Å². The molecule has 0 bridgehead atoms. The predicted molar refractivity (Wildman–Crippen MR) is 99.8 cm³/mol. The molecule has 0 spiro atoms. The van der Waals surface area contributed by atoms with Crippen molar-refractivity contribution in [2.75, 3.05) is 7.11 Å². The molecule has 0 saturated heterocycles. The van der Waals surface area contributed by atoms with Crippen LogP contribution in [0.1, 0.15) is 26.3 Å². The van der Waals surface area contributed by atoms with E-state index < -0.39 is 0 Å². The molecule has 0 unspecified atom stereocenters. The average Bonchev–Trinajstić information content (AvgIpc) is 3.09. The number of nitrogens with zero attached hydrogens (tertiary/aromatic N) is 1. The largest absolute Gasteiger partial charge is 0.496 e. The molecule has 0 atom stereocenters. The SMILES string of the molecule is CC.CCc1ccc(OC)c(-c2cn(C)c(=O)c3ccsc23)c1. The van der Waals surface area contributed by atoms with Gasteiger partial charge in [0.1, 0.15) is 5.75 Å². The van der Waals surface area contributed by atoms with E-state index in [2.05, 4.69) is 19.1 Å². The zero-order valence-electron chi connectivity index (χ0n) is 14.3. The Hall–Kier alpha value is -2.07. The highest BCUT2D eigenvalue weighted by Gasteiger charge is 2.14. The number of thiophene rings is 1. The van der Waals surface area contributed by atoms with Crippen molar-refractivity contribution in [3.05, 3.63) is 51.8 Å². The fourth-order valence-electron chi connectivity index (χ4n) is 2.56. The fourth-order valence-corrected chi connectivity index (χ4v) is 3.48. The Morgan fingerprint density at radius 1 is 1.17 bits per heavy atom. The minimum absolute atomic E-state index is 0.0422. The van der Waals surface area contributed by atoms with Crippen molar-refractivity contribution in [3.8, 4) is 16.9 Å². The van der Waals surface area contributed by atoms with E-state index in [1.807, 2.05) is 37.6 Å². The first kappa shape index (κ1) is 17.3. The van der Waals surface area contributed by atoms with E-state index in [1.54, 1.807) is 30.1 Å². The second-order valence-electron chi connectivity index (χ2n) is 5.01. The van der Waals surface area contributed by atoms with Crippen LogP contribution < -0.4 is 10.3 Å². The topological polar surface area (TPSA) is 31.2 Å². The summed E-state index contributed by atoms with van der Waals surface area (Å²) < 4.78 is 8.17. The van der Waals surface area contributed by atoms with E-state index in [4.69, 9.17) is 4.74 Å². The molecule has 2 aromatic heterocycles. The maximum absolute atomic E-state index is 12.2. The van der Waals surface area contributed by atoms with Crippen LogP contribution in [0.25, 0.3) is 21.2 Å². The molecule has 0 aliphatic carbocycles. The van der Waals surface area contributed by atoms with E-state index in [-0.39, 0.29) is 5.56 Å². The molecule has 0 aliphatic heterocycles. The van der Waals surface area contributed by atoms with Gasteiger partial charge in [0.2, 0.25) is 0 Å². The van der Waals surface area contributed by atoms with Crippen LogP contribution in [0.2, 0.25) is 0 Å². The Morgan fingerprint density at radius 2 is 1.91 bits per heavy atom. The van der Waals surface area contributed by atoms with Crippen molar-refractivity contribution >= 4 is 21.4 Å². The molecule has 4 heteroatoms. The van der Waals surface area contributed by atoms with Gasteiger partial charge in [-0.2, -0.15) is 0 Å². The van der Waals surface area contributed by atoms with Gasteiger partial charge >= 0.3 is 0 Å². The van der Waals surface area contributed by atoms with E-state index in [0.29, 0.717) is 0 Å². The summed E-state index contributed by atoms with van der Waals surface area (Å²) >= 11 is 1.60. The molecule has 23 heavy (non-hydrogen) atoms. The van der Waals surface area contributed by atoms with Gasteiger partial charge in [0.05, 0.1) is 12.5 Å². The Bertz CT molecular complexity index is 861. The smallest absolute Gasteiger partial charge is 0.259 e. The Balaban J connectivity index is 0.000000924. The van der Waals surface area contributed by atoms with Crippen LogP contribution in [0.5, 0.6) is 5.75 Å². The van der Waals surface area contributed by atoms with Crippen LogP contribution in [0.15, 0.2) is 40.6 Å². The molecule has 0 radical (unpaired) electrons. The third-order valence-corrected chi connectivity index (χ3v) is 4.69. The quantitative estimate of drug-likeness (QED) is 0.687. The Kier molecular flexibility index (Phi) is 5.61. The van der Waals surface area contributed by atoms with E-state index >= 15 is 0 Å². The molecule has 2 heterocycles. The van der Waals surface area contributed by atoms with Crippen LogP contribution in [0.3, 0.4) is 0 Å². The summed E-state index contributed by atoms with van der Waals surface area (Å²) in [5, 5.41) is 2.73. The van der Waals surface area contributed by atoms with E-state index in [1.165, 1.54) is 5.56 Å². The molecular formula is C19H23NO2S. The van der Waals surface area contributed by atoms with Gasteiger partial charge in [-0.25, -0.2) is 0 Å². The maximum atomic E-state index is 12.2. The molecule has 3 aromatic rings. The Morgan fingerprint density at radius 3 is 2.57 bits per heavy atom. The molecule has 0 aliphatic rings. The second-order valence-corrected chi connectivity index (χ2v) is 5.93. The first-order chi connectivity index (χ1) is 11.2. The number of aryl methyl sites for hydroxylation is 2. The lowest BCUT2D eigenvalue weighted by Crippen LogP contribution is -2.15. The molecule has 0 saturated carbocycles. The molecule has 3 nitrogen and oxygen atoms in total. The van der Waals surface area contributed by atoms with Crippen molar-refractivity contribution in [3.63, 3.8) is 0 Å². The van der Waals surface area contributed by atoms with Gasteiger partial charge in [-0.3, -0.25) is 4.79 Å². The van der Waals surface area contributed by atoms with Gasteiger partial charge in [-0.15, -0.1) is 11.3 Å². The number of aromatic nitrogens is 1. The molecule has 1 aromatic carbocycles. The predicted octanol–water partition coefficient (Wildman–Crippen LogP) is 4.86. The lowest BCUT2D eigenvalue weighted by atomic mass is 10.0. The monoisotopic (exact) mass is 329 g/mol. The number of hydrogen-bond donors (Lipinski definition) is 0. The van der Waals surface area contributed by atoms with Gasteiger partial charge in [-0.1, -0.05) is 26.8 Å². The van der Waals surface area contributed by atoms with Crippen molar-refractivity contribution in [2.45, 2.75) is 27.2 Å². The van der Waals surface area contributed by atoms with E-state index in [0.717, 1.165) is 33.4 Å². The van der Waals surface area contributed by atoms with Gasteiger partial charge in [-0.05, 0) is 35.6 Å². The first-order valence-electron chi connectivity index (χ1n) is 7.89. The highest BCUT2D eigenvalue weighted by molar-refractivity contribution is 7.17. The fraction of sp³-hybridized carbons (Fsp3) is 0.316. The van der Waals surface area contributed by atoms with E-state index in [9.17, 15) is 4.79 Å². The number of methoxy groups -OCH3 is 1. The lowest BCUT2D eigenvalue weighted by molar-refractivity contribution is 0.416. The highest BCUT2D eigenvalue weighted by atomic mass is 32.1. The minimum Gasteiger partial charge on any atom is -0.496 e. The van der Waals surface area contributed by atoms with Gasteiger partial charge in [0.15, 0.2) is 0 Å². The maximum Gasteiger partial charge on any atom is 0.259 e. The van der Waals surface area contributed by atoms with Crippen LogP contribution in [-0.2, 0) is 13.5 Å². The van der Waals surface area contributed by atoms with Crippen LogP contribution >= 0.6 is 11.3 Å². The number of ether oxygens (including phenoxy) is 1. The van der Waals surface area contributed by atoms with Crippen molar-refractivity contribution in [1.29, 1.82) is 0 Å². The van der Waals surface area contributed by atoms with Crippen molar-refractivity contribution < 1.29 is 4.74 Å². The third kappa shape index (κ3) is 3.17. The number of hydrogen-bond acceptors (Lipinski definition) is 3. The number of fused-ring (bicyclic) bond motifs is 1. The molecule has 0 fully saturated rings. The van der Waals surface area contributed by atoms with Crippen LogP contribution in [0, 0.1) is 0 Å². The summed E-state index contributed by atoms with van der Waals surface area (Å²) in [6.45, 7) is 6.13. The summed E-state index contributed by atoms with van der Waals surface area (Å²) in [5.41, 5.74) is 3.39. The van der Waals surface area contributed by atoms with Crippen molar-refractivity contribution in [1.82, 2.24) is 4.57 Å².